The Bertz CT molecular complexity index is 1140. The molecule has 3 heterocycles. The quantitative estimate of drug-likeness (QED) is 0.569. The molecule has 1 aromatic carbocycles. The number of nitrogens with one attached hydrogen (secondary N) is 1. The fourth-order valence-corrected chi connectivity index (χ4v) is 5.35. The lowest BCUT2D eigenvalue weighted by Gasteiger charge is -2.29. The normalized spacial score (nSPS) is 26.4. The maximum absolute atomic E-state index is 12.7. The van der Waals surface area contributed by atoms with E-state index in [1.807, 2.05) is 4.90 Å². The second-order valence-electron chi connectivity index (χ2n) is 10.0. The minimum absolute atomic E-state index is 0.00713. The molecular formula is C23H27ClN6O3. The Labute approximate surface area is 196 Å². The first-order valence-corrected chi connectivity index (χ1v) is 11.4. The van der Waals surface area contributed by atoms with E-state index in [2.05, 4.69) is 34.0 Å². The summed E-state index contributed by atoms with van der Waals surface area (Å²) in [5.74, 6) is 0.364. The van der Waals surface area contributed by atoms with Gasteiger partial charge < -0.3 is 26.0 Å². The Balaban J connectivity index is 1.36. The van der Waals surface area contributed by atoms with Crippen LogP contribution < -0.4 is 16.0 Å². The highest BCUT2D eigenvalue weighted by atomic mass is 35.5. The Morgan fingerprint density at radius 1 is 1.18 bits per heavy atom. The molecule has 1 amide bonds. The molecule has 4 N–H and O–H groups in total. The van der Waals surface area contributed by atoms with Gasteiger partial charge in [0.05, 0.1) is 11.8 Å². The number of amides is 1. The molecule has 0 spiro atoms. The molecule has 0 bridgehead atoms. The molecule has 0 unspecified atom stereocenters. The van der Waals surface area contributed by atoms with Gasteiger partial charge in [-0.25, -0.2) is 9.78 Å². The summed E-state index contributed by atoms with van der Waals surface area (Å²) < 4.78 is 0. The van der Waals surface area contributed by atoms with Gasteiger partial charge in [0.2, 0.25) is 11.9 Å². The van der Waals surface area contributed by atoms with Gasteiger partial charge in [0.15, 0.2) is 5.82 Å². The van der Waals surface area contributed by atoms with E-state index in [9.17, 15) is 14.7 Å². The van der Waals surface area contributed by atoms with Crippen LogP contribution >= 0.6 is 11.6 Å². The number of carbonyl (C=O) groups is 2. The smallest absolute Gasteiger partial charge is 0.337 e. The second-order valence-corrected chi connectivity index (χ2v) is 10.5. The molecule has 1 aliphatic carbocycles. The Kier molecular flexibility index (Phi) is 4.93. The number of carboxylic acids is 1. The summed E-state index contributed by atoms with van der Waals surface area (Å²) in [5, 5.41) is 12.8. The predicted molar refractivity (Wildman–Crippen MR) is 126 cm³/mol. The first-order valence-electron chi connectivity index (χ1n) is 11.0. The number of anilines is 4. The lowest BCUT2D eigenvalue weighted by atomic mass is 9.71. The van der Waals surface area contributed by atoms with Crippen LogP contribution in [-0.2, 0) is 4.79 Å². The zero-order chi connectivity index (χ0) is 23.5. The first-order chi connectivity index (χ1) is 15.6. The summed E-state index contributed by atoms with van der Waals surface area (Å²) in [6.45, 7) is 7.43. The molecule has 5 rings (SSSR count). The first kappa shape index (κ1) is 21.8. The van der Waals surface area contributed by atoms with Crippen LogP contribution in [0, 0.1) is 16.7 Å². The molecule has 2 saturated heterocycles. The number of hydrogen-bond donors (Lipinski definition) is 3. The van der Waals surface area contributed by atoms with Crippen molar-refractivity contribution >= 4 is 46.6 Å². The van der Waals surface area contributed by atoms with Crippen LogP contribution in [0.1, 0.15) is 37.0 Å². The fraction of sp³-hybridized carbons (Fsp3) is 0.478. The molecule has 9 nitrogen and oxygen atoms in total. The number of carbonyl (C=O) groups excluding carboxylic acids is 1. The van der Waals surface area contributed by atoms with E-state index in [4.69, 9.17) is 17.3 Å². The fourth-order valence-electron chi connectivity index (χ4n) is 5.14. The summed E-state index contributed by atoms with van der Waals surface area (Å²) in [6.07, 6.45) is 3.58. The van der Waals surface area contributed by atoms with E-state index in [0.29, 0.717) is 28.4 Å². The summed E-state index contributed by atoms with van der Waals surface area (Å²) in [5.41, 5.74) is 6.32. The van der Waals surface area contributed by atoms with Crippen LogP contribution in [0.2, 0.25) is 5.02 Å². The molecule has 2 aromatic rings. The van der Waals surface area contributed by atoms with Gasteiger partial charge in [0.25, 0.3) is 0 Å². The Morgan fingerprint density at radius 3 is 2.45 bits per heavy atom. The number of likely N-dealkylation sites (tertiary alicyclic amines) is 1. The zero-order valence-corrected chi connectivity index (χ0v) is 19.4. The minimum atomic E-state index is -1.10. The number of rotatable bonds is 5. The van der Waals surface area contributed by atoms with Gasteiger partial charge in [0.1, 0.15) is 5.02 Å². The van der Waals surface area contributed by atoms with Crippen molar-refractivity contribution in [1.29, 1.82) is 0 Å². The van der Waals surface area contributed by atoms with Crippen LogP contribution in [0.15, 0.2) is 24.4 Å². The number of halogens is 1. The van der Waals surface area contributed by atoms with Crippen molar-refractivity contribution in [2.45, 2.75) is 26.7 Å². The molecule has 3 fully saturated rings. The number of benzene rings is 1. The summed E-state index contributed by atoms with van der Waals surface area (Å²) >= 11 is 6.49. The van der Waals surface area contributed by atoms with Crippen LogP contribution in [0.4, 0.5) is 23.1 Å². The van der Waals surface area contributed by atoms with E-state index in [0.717, 1.165) is 39.0 Å². The monoisotopic (exact) mass is 470 g/mol. The highest BCUT2D eigenvalue weighted by molar-refractivity contribution is 6.32. The summed E-state index contributed by atoms with van der Waals surface area (Å²) in [6, 6.07) is 4.65. The molecular weight excluding hydrogens is 444 g/mol. The van der Waals surface area contributed by atoms with Crippen molar-refractivity contribution in [3.8, 4) is 0 Å². The van der Waals surface area contributed by atoms with Crippen molar-refractivity contribution < 1.29 is 14.7 Å². The third-order valence-electron chi connectivity index (χ3n) is 7.42. The molecule has 174 valence electrons. The van der Waals surface area contributed by atoms with E-state index in [-0.39, 0.29) is 28.0 Å². The number of nitrogens with zero attached hydrogens (tertiary/aromatic N) is 4. The van der Waals surface area contributed by atoms with E-state index in [1.165, 1.54) is 12.1 Å². The number of carboxylic acid groups (broad SMARTS) is 1. The lowest BCUT2D eigenvalue weighted by Crippen LogP contribution is -2.36. The van der Waals surface area contributed by atoms with Crippen molar-refractivity contribution in [3.05, 3.63) is 35.0 Å². The molecule has 33 heavy (non-hydrogen) atoms. The minimum Gasteiger partial charge on any atom is -0.478 e. The van der Waals surface area contributed by atoms with E-state index < -0.39 is 5.97 Å². The molecule has 0 radical (unpaired) electrons. The number of fused-ring (bicyclic) bond motifs is 1. The second kappa shape index (κ2) is 7.48. The number of nitrogens with two attached hydrogens (primary N) is 1. The largest absolute Gasteiger partial charge is 0.478 e. The van der Waals surface area contributed by atoms with Gasteiger partial charge in [-0.15, -0.1) is 0 Å². The molecule has 1 saturated carbocycles. The molecule has 3 aliphatic rings. The third kappa shape index (κ3) is 3.74. The van der Waals surface area contributed by atoms with Crippen LogP contribution in [0.5, 0.6) is 0 Å². The number of hydrogen-bond acceptors (Lipinski definition) is 7. The van der Waals surface area contributed by atoms with Gasteiger partial charge in [0, 0.05) is 54.3 Å². The average molecular weight is 471 g/mol. The van der Waals surface area contributed by atoms with Crippen LogP contribution in [-0.4, -0.2) is 58.0 Å². The average Bonchev–Trinajstić information content (AvgIpc) is 3.51. The summed E-state index contributed by atoms with van der Waals surface area (Å²) in [7, 11) is 0. The highest BCUT2D eigenvalue weighted by Gasteiger charge is 2.59. The van der Waals surface area contributed by atoms with Gasteiger partial charge in [-0.2, -0.15) is 4.98 Å². The number of aromatic carboxylic acids is 1. The van der Waals surface area contributed by atoms with Crippen molar-refractivity contribution in [3.63, 3.8) is 0 Å². The SMILES string of the molecule is C[C@@]12CN(C(=O)C3CC3)C[C@]1(C)CN(c1nc(Nc3ccc(N)c(C(=O)O)c3)ncc1Cl)C2. The number of nitrogen functional groups attached to an aromatic ring is 1. The molecule has 10 heteroatoms. The maximum Gasteiger partial charge on any atom is 0.337 e. The third-order valence-corrected chi connectivity index (χ3v) is 7.69. The van der Waals surface area contributed by atoms with Crippen LogP contribution in [0.25, 0.3) is 0 Å². The molecule has 2 atom stereocenters. The van der Waals surface area contributed by atoms with E-state index in [1.54, 1.807) is 12.3 Å². The van der Waals surface area contributed by atoms with Gasteiger partial charge >= 0.3 is 5.97 Å². The predicted octanol–water partition coefficient (Wildman–Crippen LogP) is 3.24. The standard InChI is InChI=1S/C23H27ClN6O3/c1-22-9-29(10-23(22,2)12-30(11-22)19(31)13-3-4-13)18-16(24)8-26-21(28-18)27-14-5-6-17(25)15(7-14)20(32)33/h5-8,13H,3-4,9-12,25H2,1-2H3,(H,32,33)(H,26,27,28)/t22-,23+. The lowest BCUT2D eigenvalue weighted by molar-refractivity contribution is -0.132. The summed E-state index contributed by atoms with van der Waals surface area (Å²) in [4.78, 5) is 37.1. The van der Waals surface area contributed by atoms with Crippen molar-refractivity contribution in [2.24, 2.45) is 16.7 Å². The maximum atomic E-state index is 12.7. The van der Waals surface area contributed by atoms with Gasteiger partial charge in [-0.3, -0.25) is 4.79 Å². The van der Waals surface area contributed by atoms with Crippen molar-refractivity contribution in [1.82, 2.24) is 14.9 Å². The van der Waals surface area contributed by atoms with Crippen molar-refractivity contribution in [2.75, 3.05) is 42.1 Å². The number of aromatic nitrogens is 2. The molecule has 2 aliphatic heterocycles. The molecule has 1 aromatic heterocycles. The van der Waals surface area contributed by atoms with Gasteiger partial charge in [-0.05, 0) is 31.0 Å². The Hall–Kier alpha value is -3.07. The zero-order valence-electron chi connectivity index (χ0n) is 18.6. The van der Waals surface area contributed by atoms with Crippen LogP contribution in [0.3, 0.4) is 0 Å². The van der Waals surface area contributed by atoms with E-state index >= 15 is 0 Å². The highest BCUT2D eigenvalue weighted by Crippen LogP contribution is 2.53. The Morgan fingerprint density at radius 2 is 1.85 bits per heavy atom. The topological polar surface area (TPSA) is 125 Å². The van der Waals surface area contributed by atoms with Gasteiger partial charge in [-0.1, -0.05) is 25.4 Å².